The Bertz CT molecular complexity index is 781. The molecule has 1 aromatic carbocycles. The van der Waals surface area contributed by atoms with Crippen LogP contribution in [0.1, 0.15) is 54.7 Å². The molecule has 2 N–H and O–H groups in total. The zero-order chi connectivity index (χ0) is 18.0. The summed E-state index contributed by atoms with van der Waals surface area (Å²) >= 11 is 0. The smallest absolute Gasteiger partial charge is 0.333 e. The number of amides is 1. The minimum atomic E-state index is -1.67. The molecule has 3 rings (SSSR count). The van der Waals surface area contributed by atoms with E-state index >= 15 is 0 Å². The number of carboxylic acid groups (broad SMARTS) is 1. The maximum absolute atomic E-state index is 13.1. The summed E-state index contributed by atoms with van der Waals surface area (Å²) in [6, 6.07) is 6.81. The molecule has 1 heterocycles. The number of nitrogens with zero attached hydrogens (tertiary/aromatic N) is 2. The molecule has 0 aliphatic heterocycles. The van der Waals surface area contributed by atoms with Crippen molar-refractivity contribution in [1.29, 1.82) is 0 Å². The Morgan fingerprint density at radius 2 is 1.88 bits per heavy atom. The van der Waals surface area contributed by atoms with Gasteiger partial charge in [0.2, 0.25) is 0 Å². The summed E-state index contributed by atoms with van der Waals surface area (Å²) in [7, 11) is 0. The third-order valence-electron chi connectivity index (χ3n) is 4.79. The van der Waals surface area contributed by atoms with E-state index in [-0.39, 0.29) is 6.04 Å². The van der Waals surface area contributed by atoms with Gasteiger partial charge < -0.3 is 10.4 Å². The Kier molecular flexibility index (Phi) is 4.57. The van der Waals surface area contributed by atoms with Gasteiger partial charge in [-0.05, 0) is 43.5 Å². The number of carbonyl (C=O) groups is 2. The summed E-state index contributed by atoms with van der Waals surface area (Å²) in [5.74, 6) is -2.21. The van der Waals surface area contributed by atoms with Crippen LogP contribution in [-0.4, -0.2) is 26.8 Å². The van der Waals surface area contributed by atoms with E-state index in [0.717, 1.165) is 25.7 Å². The number of halogens is 1. The van der Waals surface area contributed by atoms with Gasteiger partial charge in [-0.3, -0.25) is 9.48 Å². The molecular weight excluding hydrogens is 325 g/mol. The molecular formula is C18H20FN3O3. The third-order valence-corrected chi connectivity index (χ3v) is 4.79. The van der Waals surface area contributed by atoms with Gasteiger partial charge in [0.25, 0.3) is 5.91 Å². The van der Waals surface area contributed by atoms with Crippen molar-refractivity contribution in [1.82, 2.24) is 15.1 Å². The first-order valence-corrected chi connectivity index (χ1v) is 8.27. The summed E-state index contributed by atoms with van der Waals surface area (Å²) in [6.07, 6.45) is 5.64. The van der Waals surface area contributed by atoms with E-state index in [4.69, 9.17) is 0 Å². The molecule has 1 unspecified atom stereocenters. The fourth-order valence-electron chi connectivity index (χ4n) is 3.26. The highest BCUT2D eigenvalue weighted by Gasteiger charge is 2.38. The van der Waals surface area contributed by atoms with Crippen molar-refractivity contribution in [2.75, 3.05) is 0 Å². The molecule has 7 heteroatoms. The topological polar surface area (TPSA) is 84.2 Å². The molecule has 1 saturated carbocycles. The van der Waals surface area contributed by atoms with Crippen LogP contribution in [0.5, 0.6) is 0 Å². The Morgan fingerprint density at radius 3 is 2.48 bits per heavy atom. The van der Waals surface area contributed by atoms with Gasteiger partial charge in [-0.2, -0.15) is 5.10 Å². The zero-order valence-corrected chi connectivity index (χ0v) is 13.9. The van der Waals surface area contributed by atoms with Gasteiger partial charge in [-0.1, -0.05) is 25.0 Å². The first-order chi connectivity index (χ1) is 11.9. The Hall–Kier alpha value is -2.70. The minimum Gasteiger partial charge on any atom is -0.479 e. The van der Waals surface area contributed by atoms with Crippen molar-refractivity contribution in [3.05, 3.63) is 53.6 Å². The van der Waals surface area contributed by atoms with Crippen molar-refractivity contribution >= 4 is 11.9 Å². The second kappa shape index (κ2) is 6.66. The molecule has 1 fully saturated rings. The van der Waals surface area contributed by atoms with E-state index in [1.165, 1.54) is 31.2 Å². The molecule has 2 aromatic rings. The second-order valence-electron chi connectivity index (χ2n) is 6.49. The maximum Gasteiger partial charge on any atom is 0.333 e. The Morgan fingerprint density at radius 1 is 1.24 bits per heavy atom. The summed E-state index contributed by atoms with van der Waals surface area (Å²) in [4.78, 5) is 24.6. The zero-order valence-electron chi connectivity index (χ0n) is 13.9. The normalized spacial score (nSPS) is 17.2. The predicted molar refractivity (Wildman–Crippen MR) is 88.6 cm³/mol. The quantitative estimate of drug-likeness (QED) is 0.873. The van der Waals surface area contributed by atoms with E-state index < -0.39 is 23.2 Å². The summed E-state index contributed by atoms with van der Waals surface area (Å²) in [5, 5.41) is 16.5. The summed E-state index contributed by atoms with van der Waals surface area (Å²) in [5.41, 5.74) is -1.04. The summed E-state index contributed by atoms with van der Waals surface area (Å²) in [6.45, 7) is 1.39. The van der Waals surface area contributed by atoms with Gasteiger partial charge in [-0.25, -0.2) is 9.18 Å². The van der Waals surface area contributed by atoms with Crippen LogP contribution in [0, 0.1) is 5.82 Å². The van der Waals surface area contributed by atoms with Crippen LogP contribution in [0.4, 0.5) is 4.39 Å². The van der Waals surface area contributed by atoms with E-state index in [1.807, 2.05) is 0 Å². The van der Waals surface area contributed by atoms with Crippen LogP contribution in [0.3, 0.4) is 0 Å². The molecule has 1 aromatic heterocycles. The van der Waals surface area contributed by atoms with E-state index in [0.29, 0.717) is 11.3 Å². The fourth-order valence-corrected chi connectivity index (χ4v) is 3.26. The van der Waals surface area contributed by atoms with Gasteiger partial charge in [0.1, 0.15) is 11.5 Å². The number of carboxylic acids is 1. The first kappa shape index (κ1) is 17.1. The first-order valence-electron chi connectivity index (χ1n) is 8.27. The van der Waals surface area contributed by atoms with Crippen LogP contribution in [-0.2, 0) is 10.3 Å². The van der Waals surface area contributed by atoms with E-state index in [2.05, 4.69) is 10.4 Å². The van der Waals surface area contributed by atoms with Crippen molar-refractivity contribution in [2.45, 2.75) is 44.2 Å². The largest absolute Gasteiger partial charge is 0.479 e. The Labute approximate surface area is 144 Å². The van der Waals surface area contributed by atoms with Crippen molar-refractivity contribution < 1.29 is 19.1 Å². The number of hydrogen-bond donors (Lipinski definition) is 2. The van der Waals surface area contributed by atoms with Crippen molar-refractivity contribution in [3.63, 3.8) is 0 Å². The molecule has 1 atom stereocenters. The number of rotatable bonds is 5. The third kappa shape index (κ3) is 3.26. The highest BCUT2D eigenvalue weighted by Crippen LogP contribution is 2.30. The van der Waals surface area contributed by atoms with Crippen LogP contribution in [0.25, 0.3) is 0 Å². The van der Waals surface area contributed by atoms with Crippen LogP contribution >= 0.6 is 0 Å². The second-order valence-corrected chi connectivity index (χ2v) is 6.49. The molecule has 25 heavy (non-hydrogen) atoms. The molecule has 1 aliphatic carbocycles. The Balaban J connectivity index is 1.88. The lowest BCUT2D eigenvalue weighted by molar-refractivity contribution is -0.144. The number of hydrogen-bond acceptors (Lipinski definition) is 3. The van der Waals surface area contributed by atoms with Crippen LogP contribution < -0.4 is 5.32 Å². The summed E-state index contributed by atoms with van der Waals surface area (Å²) < 4.78 is 14.8. The standard InChI is InChI=1S/C18H20FN3O3/c1-18(17(24)25,12-6-8-13(19)9-7-12)21-16(23)15-10-11-20-22(15)14-4-2-3-5-14/h6-11,14H,2-5H2,1H3,(H,21,23)(H,24,25). The van der Waals surface area contributed by atoms with E-state index in [9.17, 15) is 19.1 Å². The highest BCUT2D eigenvalue weighted by molar-refractivity contribution is 5.96. The fraction of sp³-hybridized carbons (Fsp3) is 0.389. The van der Waals surface area contributed by atoms with Gasteiger partial charge in [0, 0.05) is 6.20 Å². The lowest BCUT2D eigenvalue weighted by atomic mass is 9.92. The SMILES string of the molecule is CC(NC(=O)c1ccnn1C1CCCC1)(C(=O)O)c1ccc(F)cc1. The predicted octanol–water partition coefficient (Wildman–Crippen LogP) is 2.87. The van der Waals surface area contributed by atoms with Gasteiger partial charge in [0.05, 0.1) is 6.04 Å². The highest BCUT2D eigenvalue weighted by atomic mass is 19.1. The lowest BCUT2D eigenvalue weighted by Crippen LogP contribution is -2.50. The lowest BCUT2D eigenvalue weighted by Gasteiger charge is -2.27. The monoisotopic (exact) mass is 345 g/mol. The minimum absolute atomic E-state index is 0.164. The van der Waals surface area contributed by atoms with Crippen LogP contribution in [0.15, 0.2) is 36.5 Å². The molecule has 132 valence electrons. The van der Waals surface area contributed by atoms with Crippen molar-refractivity contribution in [2.24, 2.45) is 0 Å². The number of carbonyl (C=O) groups excluding carboxylic acids is 1. The van der Waals surface area contributed by atoms with Crippen LogP contribution in [0.2, 0.25) is 0 Å². The molecule has 1 amide bonds. The number of nitrogens with one attached hydrogen (secondary N) is 1. The van der Waals surface area contributed by atoms with Gasteiger partial charge in [0.15, 0.2) is 5.54 Å². The molecule has 6 nitrogen and oxygen atoms in total. The molecule has 0 bridgehead atoms. The number of benzene rings is 1. The molecule has 1 aliphatic rings. The average molecular weight is 345 g/mol. The van der Waals surface area contributed by atoms with Gasteiger partial charge >= 0.3 is 5.97 Å². The number of aliphatic carboxylic acids is 1. The maximum atomic E-state index is 13.1. The van der Waals surface area contributed by atoms with E-state index in [1.54, 1.807) is 16.9 Å². The average Bonchev–Trinajstić information content (AvgIpc) is 3.26. The molecule has 0 saturated heterocycles. The molecule has 0 radical (unpaired) electrons. The van der Waals surface area contributed by atoms with Gasteiger partial charge in [-0.15, -0.1) is 0 Å². The van der Waals surface area contributed by atoms with Crippen molar-refractivity contribution in [3.8, 4) is 0 Å². The molecule has 0 spiro atoms. The number of aromatic nitrogens is 2.